The minimum absolute atomic E-state index is 0.00868. The highest BCUT2D eigenvalue weighted by Crippen LogP contribution is 2.41. The normalized spacial score (nSPS) is 17.3. The first-order valence-electron chi connectivity index (χ1n) is 11.6. The second-order valence-electron chi connectivity index (χ2n) is 8.77. The van der Waals surface area contributed by atoms with Crippen LogP contribution in [0.25, 0.3) is 5.76 Å². The fraction of sp³-hybridized carbons (Fsp3) is 0.423. The Kier molecular flexibility index (Phi) is 8.01. The summed E-state index contributed by atoms with van der Waals surface area (Å²) >= 11 is 0. The van der Waals surface area contributed by atoms with Gasteiger partial charge in [0.1, 0.15) is 17.2 Å². The van der Waals surface area contributed by atoms with E-state index in [-0.39, 0.29) is 17.0 Å². The van der Waals surface area contributed by atoms with E-state index in [0.29, 0.717) is 47.7 Å². The van der Waals surface area contributed by atoms with E-state index < -0.39 is 23.7 Å². The maximum absolute atomic E-state index is 13.3. The van der Waals surface area contributed by atoms with Crippen LogP contribution < -0.4 is 4.74 Å². The molecule has 9 nitrogen and oxygen atoms in total. The van der Waals surface area contributed by atoms with Gasteiger partial charge in [-0.15, -0.1) is 0 Å². The Balaban J connectivity index is 2.15. The van der Waals surface area contributed by atoms with E-state index in [4.69, 9.17) is 9.47 Å². The molecule has 1 aromatic heterocycles. The van der Waals surface area contributed by atoms with Gasteiger partial charge in [-0.3, -0.25) is 9.59 Å². The highest BCUT2D eigenvalue weighted by molar-refractivity contribution is 6.46. The molecule has 0 spiro atoms. The Morgan fingerprint density at radius 3 is 2.40 bits per heavy atom. The van der Waals surface area contributed by atoms with Gasteiger partial charge in [0.15, 0.2) is 0 Å². The number of amides is 1. The van der Waals surface area contributed by atoms with Gasteiger partial charge in [0.25, 0.3) is 11.7 Å². The summed E-state index contributed by atoms with van der Waals surface area (Å²) in [6.07, 6.45) is 0.655. The molecule has 0 saturated carbocycles. The lowest BCUT2D eigenvalue weighted by Crippen LogP contribution is -2.32. The number of ketones is 1. The number of carbonyl (C=O) groups excluding carboxylic acids is 3. The molecule has 1 amide bonds. The van der Waals surface area contributed by atoms with Crippen LogP contribution in [-0.2, 0) is 14.3 Å². The number of aryl methyl sites for hydroxylation is 1. The molecule has 9 heteroatoms. The lowest BCUT2D eigenvalue weighted by Gasteiger charge is -2.26. The molecule has 2 heterocycles. The molecule has 1 aliphatic heterocycles. The van der Waals surface area contributed by atoms with Crippen molar-refractivity contribution >= 4 is 23.4 Å². The van der Waals surface area contributed by atoms with Crippen molar-refractivity contribution in [3.05, 3.63) is 57.9 Å². The van der Waals surface area contributed by atoms with Crippen molar-refractivity contribution in [1.29, 1.82) is 0 Å². The van der Waals surface area contributed by atoms with Crippen molar-refractivity contribution in [2.45, 2.75) is 33.2 Å². The molecular weight excluding hydrogens is 450 g/mol. The zero-order valence-electron chi connectivity index (χ0n) is 21.1. The summed E-state index contributed by atoms with van der Waals surface area (Å²) in [5.41, 5.74) is 2.10. The standard InChI is InChI=1S/C26H33N3O6/c1-7-35-18-11-9-17(10-12-18)22-20(24(31)25(32)29(22)14-8-13-28(4)5)23(30)19-15(2)21(26(33)34-6)27-16(19)3/h9-12,22,27,30H,7-8,13-14H2,1-6H3/b23-20+/t22-/m1/s1. The number of nitrogens with one attached hydrogen (secondary N) is 1. The number of aliphatic hydroxyl groups is 1. The van der Waals surface area contributed by atoms with Gasteiger partial charge >= 0.3 is 5.97 Å². The first-order chi connectivity index (χ1) is 16.6. The maximum atomic E-state index is 13.3. The van der Waals surface area contributed by atoms with Gasteiger partial charge < -0.3 is 29.4 Å². The quantitative estimate of drug-likeness (QED) is 0.244. The summed E-state index contributed by atoms with van der Waals surface area (Å²) in [5, 5.41) is 11.4. The van der Waals surface area contributed by atoms with Crippen LogP contribution in [0.15, 0.2) is 29.8 Å². The minimum Gasteiger partial charge on any atom is -0.507 e. The number of aromatic nitrogens is 1. The zero-order valence-corrected chi connectivity index (χ0v) is 21.1. The summed E-state index contributed by atoms with van der Waals surface area (Å²) < 4.78 is 10.4. The van der Waals surface area contributed by atoms with Crippen LogP contribution >= 0.6 is 0 Å². The van der Waals surface area contributed by atoms with Crippen LogP contribution in [0.5, 0.6) is 5.75 Å². The number of hydrogen-bond acceptors (Lipinski definition) is 7. The van der Waals surface area contributed by atoms with E-state index in [9.17, 15) is 19.5 Å². The largest absolute Gasteiger partial charge is 0.507 e. The number of likely N-dealkylation sites (tertiary alicyclic amines) is 1. The molecule has 35 heavy (non-hydrogen) atoms. The molecule has 2 N–H and O–H groups in total. The van der Waals surface area contributed by atoms with Gasteiger partial charge in [-0.25, -0.2) is 4.79 Å². The number of aromatic amines is 1. The van der Waals surface area contributed by atoms with Crippen molar-refractivity contribution in [3.63, 3.8) is 0 Å². The fourth-order valence-electron chi connectivity index (χ4n) is 4.47. The van der Waals surface area contributed by atoms with E-state index in [1.807, 2.05) is 25.9 Å². The molecule has 1 fully saturated rings. The first-order valence-corrected chi connectivity index (χ1v) is 11.6. The van der Waals surface area contributed by atoms with Gasteiger partial charge in [-0.2, -0.15) is 0 Å². The van der Waals surface area contributed by atoms with Gasteiger partial charge in [-0.05, 0) is 71.1 Å². The number of ether oxygens (including phenoxy) is 2. The molecule has 0 unspecified atom stereocenters. The summed E-state index contributed by atoms with van der Waals surface area (Å²) in [5.74, 6) is -1.66. The number of methoxy groups -OCH3 is 1. The number of benzene rings is 1. The van der Waals surface area contributed by atoms with Crippen molar-refractivity contribution in [2.75, 3.05) is 40.9 Å². The van der Waals surface area contributed by atoms with E-state index in [1.165, 1.54) is 12.0 Å². The van der Waals surface area contributed by atoms with Gasteiger partial charge in [0, 0.05) is 17.8 Å². The van der Waals surface area contributed by atoms with Gasteiger partial charge in [0.2, 0.25) is 0 Å². The van der Waals surface area contributed by atoms with Crippen molar-refractivity contribution in [1.82, 2.24) is 14.8 Å². The van der Waals surface area contributed by atoms with Crippen LogP contribution in [0.2, 0.25) is 0 Å². The molecule has 188 valence electrons. The topological polar surface area (TPSA) is 112 Å². The lowest BCUT2D eigenvalue weighted by molar-refractivity contribution is -0.139. The van der Waals surface area contributed by atoms with Crippen LogP contribution in [0.3, 0.4) is 0 Å². The number of H-pyrrole nitrogens is 1. The third-order valence-electron chi connectivity index (χ3n) is 6.11. The van der Waals surface area contributed by atoms with Crippen LogP contribution in [0, 0.1) is 13.8 Å². The van der Waals surface area contributed by atoms with E-state index in [0.717, 1.165) is 6.54 Å². The zero-order chi connectivity index (χ0) is 25.9. The molecule has 3 rings (SSSR count). The molecule has 2 aromatic rings. The Morgan fingerprint density at radius 1 is 1.17 bits per heavy atom. The van der Waals surface area contributed by atoms with Gasteiger partial charge in [-0.1, -0.05) is 12.1 Å². The monoisotopic (exact) mass is 483 g/mol. The second-order valence-corrected chi connectivity index (χ2v) is 8.77. The number of aliphatic hydroxyl groups excluding tert-OH is 1. The summed E-state index contributed by atoms with van der Waals surface area (Å²) in [4.78, 5) is 45.0. The molecule has 0 aliphatic carbocycles. The van der Waals surface area contributed by atoms with Crippen molar-refractivity contribution < 1.29 is 29.0 Å². The van der Waals surface area contributed by atoms with E-state index in [1.54, 1.807) is 38.1 Å². The fourth-order valence-corrected chi connectivity index (χ4v) is 4.47. The average Bonchev–Trinajstić information content (AvgIpc) is 3.26. The molecule has 1 aromatic carbocycles. The predicted molar refractivity (Wildman–Crippen MR) is 131 cm³/mol. The number of hydrogen-bond donors (Lipinski definition) is 2. The number of carbonyl (C=O) groups is 3. The molecule has 1 aliphatic rings. The third kappa shape index (κ3) is 5.09. The Hall–Kier alpha value is -3.59. The lowest BCUT2D eigenvalue weighted by atomic mass is 9.94. The number of rotatable bonds is 9. The second kappa shape index (κ2) is 10.8. The number of esters is 1. The summed E-state index contributed by atoms with van der Waals surface area (Å²) in [7, 11) is 5.14. The highest BCUT2D eigenvalue weighted by atomic mass is 16.5. The molecule has 1 atom stereocenters. The Bertz CT molecular complexity index is 1150. The predicted octanol–water partition coefficient (Wildman–Crippen LogP) is 3.19. The smallest absolute Gasteiger partial charge is 0.354 e. The van der Waals surface area contributed by atoms with Crippen molar-refractivity contribution in [3.8, 4) is 5.75 Å². The SMILES string of the molecule is CCOc1ccc([C@@H]2/C(=C(\O)c3c(C)[nH]c(C(=O)OC)c3C)C(=O)C(=O)N2CCCN(C)C)cc1. The van der Waals surface area contributed by atoms with Crippen LogP contribution in [0.4, 0.5) is 0 Å². The molecular formula is C26H33N3O6. The van der Waals surface area contributed by atoms with Gasteiger partial charge in [0.05, 0.1) is 25.3 Å². The number of nitrogens with zero attached hydrogens (tertiary/aromatic N) is 2. The average molecular weight is 484 g/mol. The third-order valence-corrected chi connectivity index (χ3v) is 6.11. The van der Waals surface area contributed by atoms with Crippen LogP contribution in [-0.4, -0.2) is 78.5 Å². The number of Topliss-reactive ketones (excluding diaryl/α,β-unsaturated/α-hetero) is 1. The molecule has 0 radical (unpaired) electrons. The first kappa shape index (κ1) is 26.0. The maximum Gasteiger partial charge on any atom is 0.354 e. The van der Waals surface area contributed by atoms with Crippen molar-refractivity contribution in [2.24, 2.45) is 0 Å². The van der Waals surface area contributed by atoms with E-state index in [2.05, 4.69) is 4.98 Å². The molecule has 1 saturated heterocycles. The van der Waals surface area contributed by atoms with E-state index >= 15 is 0 Å². The Labute approximate surface area is 205 Å². The highest BCUT2D eigenvalue weighted by Gasteiger charge is 2.46. The summed E-state index contributed by atoms with van der Waals surface area (Å²) in [6, 6.07) is 6.37. The Morgan fingerprint density at radius 2 is 1.83 bits per heavy atom. The molecule has 0 bridgehead atoms. The summed E-state index contributed by atoms with van der Waals surface area (Å²) in [6.45, 7) is 6.82. The van der Waals surface area contributed by atoms with Crippen LogP contribution in [0.1, 0.15) is 52.3 Å². The minimum atomic E-state index is -0.775.